The van der Waals surface area contributed by atoms with Crippen LogP contribution in [0.3, 0.4) is 0 Å². The molecular formula is C18H35N3. The molecule has 2 aliphatic heterocycles. The molecule has 2 N–H and O–H groups in total. The van der Waals surface area contributed by atoms with Gasteiger partial charge in [0, 0.05) is 25.2 Å². The van der Waals surface area contributed by atoms with Gasteiger partial charge in [-0.3, -0.25) is 4.90 Å². The van der Waals surface area contributed by atoms with Gasteiger partial charge in [-0.1, -0.05) is 13.8 Å². The van der Waals surface area contributed by atoms with Crippen LogP contribution in [0, 0.1) is 17.8 Å². The van der Waals surface area contributed by atoms with Crippen molar-refractivity contribution in [2.75, 3.05) is 32.7 Å². The molecule has 1 saturated carbocycles. The minimum atomic E-state index is 0.447. The van der Waals surface area contributed by atoms with E-state index < -0.39 is 0 Å². The Hall–Kier alpha value is -0.120. The van der Waals surface area contributed by atoms with Crippen molar-refractivity contribution < 1.29 is 0 Å². The Morgan fingerprint density at radius 2 is 1.86 bits per heavy atom. The molecule has 0 aromatic heterocycles. The molecule has 0 amide bonds. The molecule has 0 bridgehead atoms. The fourth-order valence-corrected chi connectivity index (χ4v) is 4.92. The van der Waals surface area contributed by atoms with Gasteiger partial charge < -0.3 is 10.6 Å². The van der Waals surface area contributed by atoms with Crippen LogP contribution in [0.1, 0.15) is 52.4 Å². The van der Waals surface area contributed by atoms with Crippen LogP contribution < -0.4 is 5.73 Å². The Kier molecular flexibility index (Phi) is 5.23. The lowest BCUT2D eigenvalue weighted by Crippen LogP contribution is -2.45. The number of hydrogen-bond acceptors (Lipinski definition) is 3. The van der Waals surface area contributed by atoms with Gasteiger partial charge in [-0.25, -0.2) is 0 Å². The van der Waals surface area contributed by atoms with Crippen molar-refractivity contribution in [2.24, 2.45) is 23.5 Å². The van der Waals surface area contributed by atoms with Crippen LogP contribution in [0.15, 0.2) is 0 Å². The Labute approximate surface area is 131 Å². The molecule has 3 nitrogen and oxygen atoms in total. The van der Waals surface area contributed by atoms with Crippen molar-refractivity contribution in [2.45, 2.75) is 64.5 Å². The molecule has 0 aromatic rings. The summed E-state index contributed by atoms with van der Waals surface area (Å²) in [4.78, 5) is 5.49. The second-order valence-corrected chi connectivity index (χ2v) is 8.19. The third kappa shape index (κ3) is 3.80. The molecule has 122 valence electrons. The highest BCUT2D eigenvalue weighted by Gasteiger charge is 2.33. The molecule has 2 heterocycles. The maximum atomic E-state index is 6.47. The predicted octanol–water partition coefficient (Wildman–Crippen LogP) is 2.56. The molecule has 21 heavy (non-hydrogen) atoms. The molecule has 0 aromatic carbocycles. The van der Waals surface area contributed by atoms with E-state index in [4.69, 9.17) is 5.73 Å². The van der Waals surface area contributed by atoms with E-state index in [0.29, 0.717) is 6.04 Å². The van der Waals surface area contributed by atoms with Gasteiger partial charge in [-0.15, -0.1) is 0 Å². The lowest BCUT2D eigenvalue weighted by atomic mass is 9.73. The van der Waals surface area contributed by atoms with Gasteiger partial charge in [0.25, 0.3) is 0 Å². The van der Waals surface area contributed by atoms with E-state index >= 15 is 0 Å². The van der Waals surface area contributed by atoms with E-state index in [1.54, 1.807) is 0 Å². The highest BCUT2D eigenvalue weighted by atomic mass is 15.3. The summed E-state index contributed by atoms with van der Waals surface area (Å²) in [6, 6.07) is 1.29. The summed E-state index contributed by atoms with van der Waals surface area (Å²) in [6.45, 7) is 11.3. The second kappa shape index (κ2) is 6.97. The van der Waals surface area contributed by atoms with E-state index in [0.717, 1.165) is 23.8 Å². The van der Waals surface area contributed by atoms with Crippen molar-refractivity contribution in [3.05, 3.63) is 0 Å². The third-order valence-corrected chi connectivity index (χ3v) is 6.40. The minimum absolute atomic E-state index is 0.447. The average molecular weight is 293 g/mol. The standard InChI is InChI=1S/C18H35N3/c1-14(2)15-6-7-18(19)16(11-15)12-20-8-4-10-21-9-3-5-17(21)13-20/h14-18H,3-13,19H2,1-2H3. The number of nitrogens with two attached hydrogens (primary N) is 1. The predicted molar refractivity (Wildman–Crippen MR) is 89.3 cm³/mol. The second-order valence-electron chi connectivity index (χ2n) is 8.19. The quantitative estimate of drug-likeness (QED) is 0.868. The van der Waals surface area contributed by atoms with Crippen LogP contribution >= 0.6 is 0 Å². The molecule has 3 rings (SSSR count). The largest absolute Gasteiger partial charge is 0.327 e. The van der Waals surface area contributed by atoms with Crippen LogP contribution in [0.5, 0.6) is 0 Å². The Morgan fingerprint density at radius 3 is 2.67 bits per heavy atom. The molecule has 3 aliphatic rings. The third-order valence-electron chi connectivity index (χ3n) is 6.40. The summed E-state index contributed by atoms with van der Waals surface area (Å²) in [5.74, 6) is 2.47. The van der Waals surface area contributed by atoms with Crippen LogP contribution in [-0.4, -0.2) is 54.6 Å². The molecule has 2 saturated heterocycles. The Bertz CT molecular complexity index is 330. The summed E-state index contributed by atoms with van der Waals surface area (Å²) in [5.41, 5.74) is 6.47. The van der Waals surface area contributed by atoms with Crippen molar-refractivity contribution in [1.82, 2.24) is 9.80 Å². The smallest absolute Gasteiger partial charge is 0.0223 e. The summed E-state index contributed by atoms with van der Waals surface area (Å²) in [5, 5.41) is 0. The first-order valence-corrected chi connectivity index (χ1v) is 9.35. The van der Waals surface area contributed by atoms with Gasteiger partial charge >= 0.3 is 0 Å². The number of nitrogens with zero attached hydrogens (tertiary/aromatic N) is 2. The molecule has 0 radical (unpaired) electrons. The Morgan fingerprint density at radius 1 is 1.05 bits per heavy atom. The molecule has 3 fully saturated rings. The zero-order chi connectivity index (χ0) is 14.8. The van der Waals surface area contributed by atoms with Crippen molar-refractivity contribution >= 4 is 0 Å². The summed E-state index contributed by atoms with van der Waals surface area (Å²) in [6.07, 6.45) is 8.15. The van der Waals surface area contributed by atoms with E-state index in [2.05, 4.69) is 23.6 Å². The lowest BCUT2D eigenvalue weighted by Gasteiger charge is -2.39. The zero-order valence-corrected chi connectivity index (χ0v) is 14.1. The molecule has 3 heteroatoms. The zero-order valence-electron chi connectivity index (χ0n) is 14.1. The van der Waals surface area contributed by atoms with Crippen LogP contribution in [-0.2, 0) is 0 Å². The molecular weight excluding hydrogens is 258 g/mol. The fraction of sp³-hybridized carbons (Fsp3) is 1.00. The van der Waals surface area contributed by atoms with Crippen molar-refractivity contribution in [1.29, 1.82) is 0 Å². The summed E-state index contributed by atoms with van der Waals surface area (Å²) in [7, 11) is 0. The summed E-state index contributed by atoms with van der Waals surface area (Å²) >= 11 is 0. The van der Waals surface area contributed by atoms with Gasteiger partial charge in [-0.05, 0) is 75.9 Å². The van der Waals surface area contributed by atoms with Gasteiger partial charge in [0.1, 0.15) is 0 Å². The lowest BCUT2D eigenvalue weighted by molar-refractivity contribution is 0.130. The SMILES string of the molecule is CC(C)C1CCC(N)C(CN2CCCN3CCCC3C2)C1. The first kappa shape index (κ1) is 15.8. The van der Waals surface area contributed by atoms with Gasteiger partial charge in [-0.2, -0.15) is 0 Å². The van der Waals surface area contributed by atoms with E-state index in [9.17, 15) is 0 Å². The molecule has 4 atom stereocenters. The monoisotopic (exact) mass is 293 g/mol. The van der Waals surface area contributed by atoms with Crippen LogP contribution in [0.4, 0.5) is 0 Å². The molecule has 0 spiro atoms. The topological polar surface area (TPSA) is 32.5 Å². The fourth-order valence-electron chi connectivity index (χ4n) is 4.92. The first-order chi connectivity index (χ1) is 10.1. The van der Waals surface area contributed by atoms with Crippen LogP contribution in [0.25, 0.3) is 0 Å². The van der Waals surface area contributed by atoms with Crippen molar-refractivity contribution in [3.63, 3.8) is 0 Å². The van der Waals surface area contributed by atoms with Crippen molar-refractivity contribution in [3.8, 4) is 0 Å². The van der Waals surface area contributed by atoms with Gasteiger partial charge in [0.15, 0.2) is 0 Å². The van der Waals surface area contributed by atoms with Crippen LogP contribution in [0.2, 0.25) is 0 Å². The highest BCUT2D eigenvalue weighted by Crippen LogP contribution is 2.34. The van der Waals surface area contributed by atoms with E-state index in [1.165, 1.54) is 71.2 Å². The highest BCUT2D eigenvalue weighted by molar-refractivity contribution is 4.89. The van der Waals surface area contributed by atoms with E-state index in [1.807, 2.05) is 0 Å². The number of hydrogen-bond donors (Lipinski definition) is 1. The Balaban J connectivity index is 1.56. The molecule has 4 unspecified atom stereocenters. The minimum Gasteiger partial charge on any atom is -0.327 e. The maximum absolute atomic E-state index is 6.47. The van der Waals surface area contributed by atoms with Gasteiger partial charge in [0.2, 0.25) is 0 Å². The first-order valence-electron chi connectivity index (χ1n) is 9.35. The van der Waals surface area contributed by atoms with E-state index in [-0.39, 0.29) is 0 Å². The summed E-state index contributed by atoms with van der Waals surface area (Å²) < 4.78 is 0. The molecule has 1 aliphatic carbocycles. The number of rotatable bonds is 3. The maximum Gasteiger partial charge on any atom is 0.0223 e. The average Bonchev–Trinajstić information content (AvgIpc) is 2.80. The number of fused-ring (bicyclic) bond motifs is 1. The normalized spacial score (nSPS) is 39.4. The van der Waals surface area contributed by atoms with Gasteiger partial charge in [0.05, 0.1) is 0 Å².